The fourth-order valence-electron chi connectivity index (χ4n) is 2.81. The number of hydrogen-bond acceptors (Lipinski definition) is 2. The summed E-state index contributed by atoms with van der Waals surface area (Å²) in [5.74, 6) is 0.580. The molecule has 1 aromatic rings. The zero-order valence-corrected chi connectivity index (χ0v) is 12.1. The first-order chi connectivity index (χ1) is 8.22. The number of nitrogens with zero attached hydrogens (tertiary/aromatic N) is 2. The molecule has 1 aromatic heterocycles. The Bertz CT molecular complexity index is 362. The molecule has 0 aliphatic heterocycles. The maximum Gasteiger partial charge on any atom is 0.0635 e. The van der Waals surface area contributed by atoms with Gasteiger partial charge in [0.05, 0.1) is 16.4 Å². The van der Waals surface area contributed by atoms with Crippen LogP contribution in [0.3, 0.4) is 0 Å². The second kappa shape index (κ2) is 6.01. The molecule has 2 rings (SSSR count). The molecule has 2 N–H and O–H groups in total. The molecule has 0 radical (unpaired) electrons. The van der Waals surface area contributed by atoms with Crippen molar-refractivity contribution in [2.45, 2.75) is 64.0 Å². The van der Waals surface area contributed by atoms with Crippen LogP contribution in [0.1, 0.15) is 57.1 Å². The van der Waals surface area contributed by atoms with Crippen LogP contribution in [0.15, 0.2) is 10.7 Å². The molecule has 2 unspecified atom stereocenters. The second-order valence-corrected chi connectivity index (χ2v) is 5.93. The van der Waals surface area contributed by atoms with Crippen molar-refractivity contribution in [3.63, 3.8) is 0 Å². The van der Waals surface area contributed by atoms with E-state index in [2.05, 4.69) is 32.6 Å². The van der Waals surface area contributed by atoms with Crippen molar-refractivity contribution < 1.29 is 0 Å². The Kier molecular flexibility index (Phi) is 4.62. The first kappa shape index (κ1) is 13.1. The molecule has 17 heavy (non-hydrogen) atoms. The molecular weight excluding hydrogens is 278 g/mol. The van der Waals surface area contributed by atoms with Gasteiger partial charge in [0.1, 0.15) is 0 Å². The molecule has 1 saturated carbocycles. The fraction of sp³-hybridized carbons (Fsp3) is 0.769. The van der Waals surface area contributed by atoms with Gasteiger partial charge in [0.2, 0.25) is 0 Å². The number of hydrogen-bond donors (Lipinski definition) is 1. The van der Waals surface area contributed by atoms with Crippen LogP contribution in [-0.4, -0.2) is 15.8 Å². The Morgan fingerprint density at radius 3 is 3.00 bits per heavy atom. The van der Waals surface area contributed by atoms with Gasteiger partial charge in [0, 0.05) is 18.5 Å². The summed E-state index contributed by atoms with van der Waals surface area (Å²) in [6, 6.07) is 0.361. The summed E-state index contributed by atoms with van der Waals surface area (Å²) in [6.45, 7) is 3.20. The molecule has 0 spiro atoms. The van der Waals surface area contributed by atoms with E-state index in [1.165, 1.54) is 31.4 Å². The van der Waals surface area contributed by atoms with Crippen molar-refractivity contribution >= 4 is 15.9 Å². The molecule has 0 aromatic carbocycles. The highest BCUT2D eigenvalue weighted by atomic mass is 79.9. The van der Waals surface area contributed by atoms with Gasteiger partial charge in [0.15, 0.2) is 0 Å². The standard InChI is InChI=1S/C13H22BrN3/c1-2-7-17-13(12(14)9-16-17)10-5-3-4-6-11(15)8-10/h9-11H,2-8,15H2,1H3. The van der Waals surface area contributed by atoms with Crippen molar-refractivity contribution in [2.24, 2.45) is 5.73 Å². The average molecular weight is 300 g/mol. The van der Waals surface area contributed by atoms with E-state index in [1.54, 1.807) is 0 Å². The third kappa shape index (κ3) is 3.10. The second-order valence-electron chi connectivity index (χ2n) is 5.08. The number of halogens is 1. The van der Waals surface area contributed by atoms with Crippen molar-refractivity contribution in [1.82, 2.24) is 9.78 Å². The van der Waals surface area contributed by atoms with Crippen molar-refractivity contribution in [1.29, 1.82) is 0 Å². The minimum Gasteiger partial charge on any atom is -0.328 e. The van der Waals surface area contributed by atoms with Gasteiger partial charge >= 0.3 is 0 Å². The van der Waals surface area contributed by atoms with Gasteiger partial charge in [-0.1, -0.05) is 19.8 Å². The summed E-state index contributed by atoms with van der Waals surface area (Å²) in [5, 5.41) is 4.47. The molecule has 3 nitrogen and oxygen atoms in total. The zero-order chi connectivity index (χ0) is 12.3. The largest absolute Gasteiger partial charge is 0.328 e. The molecule has 4 heteroatoms. The molecule has 0 bridgehead atoms. The molecular formula is C13H22BrN3. The van der Waals surface area contributed by atoms with E-state index < -0.39 is 0 Å². The Balaban J connectivity index is 2.21. The van der Waals surface area contributed by atoms with Gasteiger partial charge in [-0.05, 0) is 41.6 Å². The minimum atomic E-state index is 0.361. The molecule has 0 amide bonds. The number of aromatic nitrogens is 2. The zero-order valence-electron chi connectivity index (χ0n) is 10.5. The van der Waals surface area contributed by atoms with Gasteiger partial charge in [0.25, 0.3) is 0 Å². The third-order valence-electron chi connectivity index (χ3n) is 3.62. The maximum absolute atomic E-state index is 6.16. The maximum atomic E-state index is 6.16. The van der Waals surface area contributed by atoms with E-state index in [0.29, 0.717) is 12.0 Å². The third-order valence-corrected chi connectivity index (χ3v) is 4.23. The lowest BCUT2D eigenvalue weighted by Crippen LogP contribution is -2.22. The van der Waals surface area contributed by atoms with E-state index in [9.17, 15) is 0 Å². The van der Waals surface area contributed by atoms with Gasteiger partial charge < -0.3 is 5.73 Å². The quantitative estimate of drug-likeness (QED) is 0.869. The van der Waals surface area contributed by atoms with Gasteiger partial charge in [-0.3, -0.25) is 4.68 Å². The Labute approximate surface area is 112 Å². The number of rotatable bonds is 3. The average Bonchev–Trinajstić information content (AvgIpc) is 2.52. The van der Waals surface area contributed by atoms with E-state index in [1.807, 2.05) is 6.20 Å². The van der Waals surface area contributed by atoms with E-state index in [0.717, 1.165) is 23.9 Å². The Hall–Kier alpha value is -0.350. The van der Waals surface area contributed by atoms with Crippen LogP contribution in [-0.2, 0) is 6.54 Å². The summed E-state index contributed by atoms with van der Waals surface area (Å²) < 4.78 is 3.32. The number of aryl methyl sites for hydroxylation is 1. The first-order valence-electron chi connectivity index (χ1n) is 6.69. The number of nitrogens with two attached hydrogens (primary N) is 1. The highest BCUT2D eigenvalue weighted by molar-refractivity contribution is 9.10. The molecule has 1 aliphatic carbocycles. The van der Waals surface area contributed by atoms with Crippen LogP contribution in [0.5, 0.6) is 0 Å². The van der Waals surface area contributed by atoms with E-state index >= 15 is 0 Å². The van der Waals surface area contributed by atoms with Crippen LogP contribution in [0.4, 0.5) is 0 Å². The summed E-state index contributed by atoms with van der Waals surface area (Å²) in [6.07, 6.45) is 9.16. The summed E-state index contributed by atoms with van der Waals surface area (Å²) >= 11 is 3.64. The highest BCUT2D eigenvalue weighted by Gasteiger charge is 2.24. The Morgan fingerprint density at radius 1 is 1.47 bits per heavy atom. The van der Waals surface area contributed by atoms with Crippen LogP contribution >= 0.6 is 15.9 Å². The SMILES string of the molecule is CCCn1ncc(Br)c1C1CCCCC(N)C1. The lowest BCUT2D eigenvalue weighted by Gasteiger charge is -2.19. The summed E-state index contributed by atoms with van der Waals surface area (Å²) in [4.78, 5) is 0. The lowest BCUT2D eigenvalue weighted by molar-refractivity contribution is 0.478. The van der Waals surface area contributed by atoms with Gasteiger partial charge in [-0.15, -0.1) is 0 Å². The molecule has 0 saturated heterocycles. The predicted molar refractivity (Wildman–Crippen MR) is 74.0 cm³/mol. The first-order valence-corrected chi connectivity index (χ1v) is 7.48. The van der Waals surface area contributed by atoms with Crippen LogP contribution < -0.4 is 5.73 Å². The molecule has 1 fully saturated rings. The van der Waals surface area contributed by atoms with Crippen molar-refractivity contribution in [2.75, 3.05) is 0 Å². The molecule has 2 atom stereocenters. The van der Waals surface area contributed by atoms with Crippen LogP contribution in [0, 0.1) is 0 Å². The lowest BCUT2D eigenvalue weighted by atomic mass is 9.95. The van der Waals surface area contributed by atoms with E-state index in [-0.39, 0.29) is 0 Å². The van der Waals surface area contributed by atoms with Crippen molar-refractivity contribution in [3.8, 4) is 0 Å². The van der Waals surface area contributed by atoms with Gasteiger partial charge in [-0.25, -0.2) is 0 Å². The molecule has 1 heterocycles. The predicted octanol–water partition coefficient (Wildman–Crippen LogP) is 3.43. The summed E-state index contributed by atoms with van der Waals surface area (Å²) in [5.41, 5.74) is 7.53. The minimum absolute atomic E-state index is 0.361. The Morgan fingerprint density at radius 2 is 2.24 bits per heavy atom. The molecule has 1 aliphatic rings. The molecule has 96 valence electrons. The van der Waals surface area contributed by atoms with Gasteiger partial charge in [-0.2, -0.15) is 5.10 Å². The normalized spacial score (nSPS) is 25.8. The van der Waals surface area contributed by atoms with Crippen LogP contribution in [0.2, 0.25) is 0 Å². The smallest absolute Gasteiger partial charge is 0.0635 e. The highest BCUT2D eigenvalue weighted by Crippen LogP contribution is 2.35. The summed E-state index contributed by atoms with van der Waals surface area (Å²) in [7, 11) is 0. The van der Waals surface area contributed by atoms with Crippen LogP contribution in [0.25, 0.3) is 0 Å². The topological polar surface area (TPSA) is 43.8 Å². The monoisotopic (exact) mass is 299 g/mol. The van der Waals surface area contributed by atoms with Crippen molar-refractivity contribution in [3.05, 3.63) is 16.4 Å². The fourth-order valence-corrected chi connectivity index (χ4v) is 3.43. The van der Waals surface area contributed by atoms with E-state index in [4.69, 9.17) is 5.73 Å².